The minimum absolute atomic E-state index is 0.136. The summed E-state index contributed by atoms with van der Waals surface area (Å²) in [4.78, 5) is 13.5. The molecule has 1 heterocycles. The minimum Gasteiger partial charge on any atom is -0.477 e. The molecule has 5 heteroatoms. The number of likely N-dealkylation sites (N-methyl/N-ethyl adjacent to an activating group) is 1. The van der Waals surface area contributed by atoms with E-state index in [1.54, 1.807) is 11.9 Å². The first kappa shape index (κ1) is 12.2. The number of benzene rings is 1. The van der Waals surface area contributed by atoms with Crippen molar-refractivity contribution in [1.29, 1.82) is 0 Å². The lowest BCUT2D eigenvalue weighted by atomic mass is 10.1. The lowest BCUT2D eigenvalue weighted by Gasteiger charge is -2.33. The molecule has 0 fully saturated rings. The van der Waals surface area contributed by atoms with Gasteiger partial charge in [-0.2, -0.15) is 0 Å². The third-order valence-corrected chi connectivity index (χ3v) is 3.62. The van der Waals surface area contributed by atoms with Gasteiger partial charge in [-0.15, -0.1) is 0 Å². The Bertz CT molecular complexity index is 488. The fourth-order valence-electron chi connectivity index (χ4n) is 2.10. The molecule has 1 aromatic rings. The molecule has 1 unspecified atom stereocenters. The molecule has 0 bridgehead atoms. The number of halogens is 1. The van der Waals surface area contributed by atoms with E-state index in [-0.39, 0.29) is 12.5 Å². The van der Waals surface area contributed by atoms with E-state index in [9.17, 15) is 4.79 Å². The highest BCUT2D eigenvalue weighted by Gasteiger charge is 2.33. The maximum absolute atomic E-state index is 11.9. The Morgan fingerprint density at radius 1 is 1.53 bits per heavy atom. The van der Waals surface area contributed by atoms with Crippen molar-refractivity contribution in [2.75, 3.05) is 18.5 Å². The SMILES string of the molecule is Cc1cc2c(c(C)c1Cl)N(C)C(=O)C(CN)O2. The first-order valence-electron chi connectivity index (χ1n) is 5.41. The highest BCUT2D eigenvalue weighted by Crippen LogP contribution is 2.41. The molecule has 0 aromatic heterocycles. The highest BCUT2D eigenvalue weighted by molar-refractivity contribution is 6.32. The zero-order chi connectivity index (χ0) is 12.7. The predicted molar refractivity (Wildman–Crippen MR) is 67.8 cm³/mol. The molecule has 92 valence electrons. The second-order valence-corrected chi connectivity index (χ2v) is 4.60. The van der Waals surface area contributed by atoms with Gasteiger partial charge < -0.3 is 15.4 Å². The van der Waals surface area contributed by atoms with Crippen LogP contribution < -0.4 is 15.4 Å². The first-order chi connectivity index (χ1) is 7.97. The van der Waals surface area contributed by atoms with Gasteiger partial charge in [-0.25, -0.2) is 0 Å². The smallest absolute Gasteiger partial charge is 0.269 e. The maximum Gasteiger partial charge on any atom is 0.269 e. The molecule has 0 saturated carbocycles. The Labute approximate surface area is 105 Å². The van der Waals surface area contributed by atoms with Crippen molar-refractivity contribution < 1.29 is 9.53 Å². The molecule has 4 nitrogen and oxygen atoms in total. The van der Waals surface area contributed by atoms with Crippen LogP contribution in [0.2, 0.25) is 5.02 Å². The third kappa shape index (κ3) is 1.77. The van der Waals surface area contributed by atoms with E-state index in [2.05, 4.69) is 0 Å². The highest BCUT2D eigenvalue weighted by atomic mass is 35.5. The summed E-state index contributed by atoms with van der Waals surface area (Å²) in [6.45, 7) is 3.96. The lowest BCUT2D eigenvalue weighted by Crippen LogP contribution is -2.47. The Kier molecular flexibility index (Phi) is 3.02. The molecule has 1 aliphatic rings. The fourth-order valence-corrected chi connectivity index (χ4v) is 2.24. The Hall–Kier alpha value is -1.26. The molecule has 1 atom stereocenters. The van der Waals surface area contributed by atoms with Crippen molar-refractivity contribution in [3.05, 3.63) is 22.2 Å². The van der Waals surface area contributed by atoms with E-state index in [0.29, 0.717) is 10.8 Å². The average molecular weight is 255 g/mol. The minimum atomic E-state index is -0.604. The van der Waals surface area contributed by atoms with E-state index in [1.165, 1.54) is 0 Å². The maximum atomic E-state index is 11.9. The molecule has 1 aromatic carbocycles. The largest absolute Gasteiger partial charge is 0.477 e. The van der Waals surface area contributed by atoms with E-state index < -0.39 is 6.10 Å². The number of anilines is 1. The summed E-state index contributed by atoms with van der Waals surface area (Å²) in [6.07, 6.45) is -0.604. The lowest BCUT2D eigenvalue weighted by molar-refractivity contribution is -0.125. The zero-order valence-electron chi connectivity index (χ0n) is 10.1. The van der Waals surface area contributed by atoms with Gasteiger partial charge in [0.1, 0.15) is 5.75 Å². The number of nitrogens with zero attached hydrogens (tertiary/aromatic N) is 1. The Morgan fingerprint density at radius 2 is 2.18 bits per heavy atom. The van der Waals surface area contributed by atoms with E-state index in [1.807, 2.05) is 19.9 Å². The van der Waals surface area contributed by atoms with Gasteiger partial charge in [0.05, 0.1) is 5.69 Å². The molecule has 17 heavy (non-hydrogen) atoms. The number of carbonyl (C=O) groups is 1. The van der Waals surface area contributed by atoms with Crippen LogP contribution in [-0.4, -0.2) is 25.6 Å². The van der Waals surface area contributed by atoms with Crippen LogP contribution in [0.1, 0.15) is 11.1 Å². The summed E-state index contributed by atoms with van der Waals surface area (Å²) in [6, 6.07) is 1.84. The van der Waals surface area contributed by atoms with Crippen LogP contribution in [0.4, 0.5) is 5.69 Å². The van der Waals surface area contributed by atoms with Gasteiger partial charge >= 0.3 is 0 Å². The molecule has 0 aliphatic carbocycles. The second kappa shape index (κ2) is 4.20. The van der Waals surface area contributed by atoms with E-state index in [0.717, 1.165) is 16.8 Å². The molecule has 2 rings (SSSR count). The van der Waals surface area contributed by atoms with Crippen LogP contribution in [0.25, 0.3) is 0 Å². The van der Waals surface area contributed by atoms with Gasteiger partial charge in [0.25, 0.3) is 5.91 Å². The normalized spacial score (nSPS) is 19.0. The summed E-state index contributed by atoms with van der Waals surface area (Å²) < 4.78 is 5.61. The van der Waals surface area contributed by atoms with Gasteiger partial charge in [-0.1, -0.05) is 11.6 Å². The van der Waals surface area contributed by atoms with Crippen LogP contribution in [0.3, 0.4) is 0 Å². The van der Waals surface area contributed by atoms with Crippen LogP contribution in [-0.2, 0) is 4.79 Å². The van der Waals surface area contributed by atoms with Gasteiger partial charge in [0.15, 0.2) is 6.10 Å². The second-order valence-electron chi connectivity index (χ2n) is 4.22. The number of hydrogen-bond acceptors (Lipinski definition) is 3. The van der Waals surface area contributed by atoms with Crippen LogP contribution in [0, 0.1) is 13.8 Å². The molecule has 0 radical (unpaired) electrons. The number of carbonyl (C=O) groups excluding carboxylic acids is 1. The number of hydrogen-bond donors (Lipinski definition) is 1. The predicted octanol–water partition coefficient (Wildman–Crippen LogP) is 1.64. The zero-order valence-corrected chi connectivity index (χ0v) is 10.8. The van der Waals surface area contributed by atoms with Crippen molar-refractivity contribution in [3.8, 4) is 5.75 Å². The van der Waals surface area contributed by atoms with E-state index >= 15 is 0 Å². The average Bonchev–Trinajstić information content (AvgIpc) is 2.30. The molecular formula is C12H15ClN2O2. The summed E-state index contributed by atoms with van der Waals surface area (Å²) >= 11 is 6.18. The molecule has 1 amide bonds. The van der Waals surface area contributed by atoms with Gasteiger partial charge in [0, 0.05) is 18.6 Å². The Balaban J connectivity index is 2.61. The molecule has 1 aliphatic heterocycles. The van der Waals surface area contributed by atoms with Crippen molar-refractivity contribution in [2.24, 2.45) is 5.73 Å². The number of rotatable bonds is 1. The van der Waals surface area contributed by atoms with Gasteiger partial charge in [0.2, 0.25) is 0 Å². The number of amides is 1. The van der Waals surface area contributed by atoms with Crippen LogP contribution in [0.5, 0.6) is 5.75 Å². The summed E-state index contributed by atoms with van der Waals surface area (Å²) in [5.74, 6) is 0.532. The molecule has 2 N–H and O–H groups in total. The molecule has 0 spiro atoms. The summed E-state index contributed by atoms with van der Waals surface area (Å²) in [5, 5.41) is 0.665. The van der Waals surface area contributed by atoms with Gasteiger partial charge in [-0.05, 0) is 31.0 Å². The number of fused-ring (bicyclic) bond motifs is 1. The van der Waals surface area contributed by atoms with Crippen molar-refractivity contribution in [2.45, 2.75) is 20.0 Å². The quantitative estimate of drug-likeness (QED) is 0.829. The Morgan fingerprint density at radius 3 is 2.76 bits per heavy atom. The van der Waals surface area contributed by atoms with Crippen molar-refractivity contribution >= 4 is 23.2 Å². The van der Waals surface area contributed by atoms with Crippen molar-refractivity contribution in [1.82, 2.24) is 0 Å². The van der Waals surface area contributed by atoms with Crippen molar-refractivity contribution in [3.63, 3.8) is 0 Å². The monoisotopic (exact) mass is 254 g/mol. The number of nitrogens with two attached hydrogens (primary N) is 1. The fraction of sp³-hybridized carbons (Fsp3) is 0.417. The summed E-state index contributed by atoms with van der Waals surface area (Å²) in [5.41, 5.74) is 8.04. The standard InChI is InChI=1S/C12H15ClN2O2/c1-6-4-8-11(7(2)10(6)13)15(3)12(16)9(5-14)17-8/h4,9H,5,14H2,1-3H3. The topological polar surface area (TPSA) is 55.6 Å². The number of aryl methyl sites for hydroxylation is 1. The van der Waals surface area contributed by atoms with E-state index in [4.69, 9.17) is 22.1 Å². The summed E-state index contributed by atoms with van der Waals surface area (Å²) in [7, 11) is 1.71. The van der Waals surface area contributed by atoms with Gasteiger partial charge in [-0.3, -0.25) is 4.79 Å². The van der Waals surface area contributed by atoms with Crippen LogP contribution in [0.15, 0.2) is 6.07 Å². The third-order valence-electron chi connectivity index (χ3n) is 3.04. The van der Waals surface area contributed by atoms with Crippen LogP contribution >= 0.6 is 11.6 Å². The molecular weight excluding hydrogens is 240 g/mol. The first-order valence-corrected chi connectivity index (χ1v) is 5.79. The molecule has 0 saturated heterocycles. The number of ether oxygens (including phenoxy) is 1.